The molecule has 0 fully saturated rings. The van der Waals surface area contributed by atoms with Crippen LogP contribution in [0.25, 0.3) is 0 Å². The van der Waals surface area contributed by atoms with Crippen LogP contribution in [0.5, 0.6) is 23.0 Å². The molecule has 0 saturated heterocycles. The van der Waals surface area contributed by atoms with Gasteiger partial charge in [0.15, 0.2) is 18.1 Å². The van der Waals surface area contributed by atoms with Gasteiger partial charge in [-0.1, -0.05) is 0 Å². The summed E-state index contributed by atoms with van der Waals surface area (Å²) in [5, 5.41) is 13.5. The van der Waals surface area contributed by atoms with Gasteiger partial charge in [0.25, 0.3) is 5.91 Å². The number of methoxy groups -OCH3 is 1. The minimum absolute atomic E-state index is 0.0543. The van der Waals surface area contributed by atoms with Crippen molar-refractivity contribution in [2.75, 3.05) is 25.8 Å². The van der Waals surface area contributed by atoms with Gasteiger partial charge in [-0.05, 0) is 18.2 Å². The first-order valence-electron chi connectivity index (χ1n) is 7.21. The fourth-order valence-corrected chi connectivity index (χ4v) is 2.22. The first kappa shape index (κ1) is 16.4. The zero-order valence-electron chi connectivity index (χ0n) is 13.2. The number of nitro benzene ring substituents is 1. The first-order valence-corrected chi connectivity index (χ1v) is 7.21. The third-order valence-corrected chi connectivity index (χ3v) is 3.37. The number of nitrogens with zero attached hydrogens (tertiary/aromatic N) is 1. The summed E-state index contributed by atoms with van der Waals surface area (Å²) < 4.78 is 20.7. The van der Waals surface area contributed by atoms with Crippen molar-refractivity contribution >= 4 is 17.3 Å². The molecule has 0 bridgehead atoms. The summed E-state index contributed by atoms with van der Waals surface area (Å²) in [4.78, 5) is 22.3. The number of hydrogen-bond donors (Lipinski definition) is 1. The average Bonchev–Trinajstić information content (AvgIpc) is 3.07. The highest BCUT2D eigenvalue weighted by Crippen LogP contribution is 2.34. The van der Waals surface area contributed by atoms with E-state index in [2.05, 4.69) is 5.32 Å². The SMILES string of the molecule is COc1cc(OCC(=O)Nc2ccc3c(c2)OCO3)ccc1[N+](=O)[O-]. The molecule has 0 unspecified atom stereocenters. The lowest BCUT2D eigenvalue weighted by molar-refractivity contribution is -0.385. The molecule has 0 aliphatic carbocycles. The van der Waals surface area contributed by atoms with Crippen LogP contribution in [0.3, 0.4) is 0 Å². The van der Waals surface area contributed by atoms with Crippen molar-refractivity contribution in [2.45, 2.75) is 0 Å². The molecule has 1 aliphatic heterocycles. The Bertz CT molecular complexity index is 822. The zero-order valence-corrected chi connectivity index (χ0v) is 13.2. The summed E-state index contributed by atoms with van der Waals surface area (Å²) in [5.74, 6) is 1.11. The van der Waals surface area contributed by atoms with Gasteiger partial charge in [0.05, 0.1) is 12.0 Å². The van der Waals surface area contributed by atoms with Crippen LogP contribution >= 0.6 is 0 Å². The Kier molecular flexibility index (Phi) is 4.55. The smallest absolute Gasteiger partial charge is 0.311 e. The lowest BCUT2D eigenvalue weighted by Gasteiger charge is -2.09. The molecule has 1 N–H and O–H groups in total. The van der Waals surface area contributed by atoms with E-state index in [1.165, 1.54) is 25.3 Å². The second-order valence-electron chi connectivity index (χ2n) is 5.00. The molecule has 9 nitrogen and oxygen atoms in total. The van der Waals surface area contributed by atoms with Crippen LogP contribution in [0.2, 0.25) is 0 Å². The number of rotatable bonds is 6. The molecule has 3 rings (SSSR count). The maximum Gasteiger partial charge on any atom is 0.311 e. The van der Waals surface area contributed by atoms with Crippen LogP contribution in [0.4, 0.5) is 11.4 Å². The van der Waals surface area contributed by atoms with Crippen molar-refractivity contribution in [3.05, 3.63) is 46.5 Å². The van der Waals surface area contributed by atoms with Crippen LogP contribution in [0.15, 0.2) is 36.4 Å². The van der Waals surface area contributed by atoms with Crippen LogP contribution in [-0.4, -0.2) is 31.3 Å². The number of anilines is 1. The number of fused-ring (bicyclic) bond motifs is 1. The van der Waals surface area contributed by atoms with E-state index in [9.17, 15) is 14.9 Å². The molecule has 2 aromatic rings. The van der Waals surface area contributed by atoms with E-state index in [0.29, 0.717) is 17.2 Å². The maximum atomic E-state index is 12.0. The van der Waals surface area contributed by atoms with Gasteiger partial charge >= 0.3 is 5.69 Å². The van der Waals surface area contributed by atoms with E-state index >= 15 is 0 Å². The fourth-order valence-electron chi connectivity index (χ4n) is 2.22. The van der Waals surface area contributed by atoms with Gasteiger partial charge < -0.3 is 24.3 Å². The Morgan fingerprint density at radius 1 is 1.24 bits per heavy atom. The molecule has 0 saturated carbocycles. The summed E-state index contributed by atoms with van der Waals surface area (Å²) in [6, 6.07) is 9.03. The Morgan fingerprint density at radius 3 is 2.80 bits per heavy atom. The zero-order chi connectivity index (χ0) is 17.8. The molecular weight excluding hydrogens is 332 g/mol. The topological polar surface area (TPSA) is 109 Å². The second kappa shape index (κ2) is 6.95. The van der Waals surface area contributed by atoms with Gasteiger partial charge in [0.1, 0.15) is 5.75 Å². The Morgan fingerprint density at radius 2 is 2.04 bits per heavy atom. The molecule has 0 spiro atoms. The molecule has 25 heavy (non-hydrogen) atoms. The normalized spacial score (nSPS) is 11.7. The second-order valence-corrected chi connectivity index (χ2v) is 5.00. The summed E-state index contributed by atoms with van der Waals surface area (Å²) >= 11 is 0. The number of carbonyl (C=O) groups is 1. The summed E-state index contributed by atoms with van der Waals surface area (Å²) in [6.45, 7) is -0.118. The molecule has 1 heterocycles. The van der Waals surface area contributed by atoms with Crippen molar-refractivity contribution in [3.63, 3.8) is 0 Å². The van der Waals surface area contributed by atoms with E-state index in [1.54, 1.807) is 18.2 Å². The molecule has 1 amide bonds. The Labute approximate surface area is 142 Å². The first-order chi connectivity index (χ1) is 12.1. The largest absolute Gasteiger partial charge is 0.490 e. The van der Waals surface area contributed by atoms with E-state index < -0.39 is 10.8 Å². The molecular formula is C16H14N2O7. The molecule has 130 valence electrons. The third-order valence-electron chi connectivity index (χ3n) is 3.37. The lowest BCUT2D eigenvalue weighted by atomic mass is 10.2. The number of nitrogens with one attached hydrogen (secondary N) is 1. The van der Waals surface area contributed by atoms with Crippen molar-refractivity contribution in [2.24, 2.45) is 0 Å². The number of hydrogen-bond acceptors (Lipinski definition) is 7. The molecule has 1 aliphatic rings. The molecule has 0 atom stereocenters. The van der Waals surface area contributed by atoms with Gasteiger partial charge in [0, 0.05) is 23.9 Å². The number of carbonyl (C=O) groups excluding carboxylic acids is 1. The van der Waals surface area contributed by atoms with E-state index in [-0.39, 0.29) is 30.6 Å². The Balaban J connectivity index is 1.60. The average molecular weight is 346 g/mol. The van der Waals surface area contributed by atoms with Gasteiger partial charge in [-0.3, -0.25) is 14.9 Å². The number of ether oxygens (including phenoxy) is 4. The fraction of sp³-hybridized carbons (Fsp3) is 0.188. The van der Waals surface area contributed by atoms with Gasteiger partial charge in [-0.15, -0.1) is 0 Å². The van der Waals surface area contributed by atoms with Crippen LogP contribution in [0, 0.1) is 10.1 Å². The van der Waals surface area contributed by atoms with Crippen molar-refractivity contribution in [3.8, 4) is 23.0 Å². The minimum atomic E-state index is -0.561. The molecule has 2 aromatic carbocycles. The highest BCUT2D eigenvalue weighted by atomic mass is 16.7. The summed E-state index contributed by atoms with van der Waals surface area (Å²) in [7, 11) is 1.32. The van der Waals surface area contributed by atoms with Gasteiger partial charge in [-0.2, -0.15) is 0 Å². The van der Waals surface area contributed by atoms with Crippen molar-refractivity contribution < 1.29 is 28.7 Å². The molecule has 0 aromatic heterocycles. The summed E-state index contributed by atoms with van der Waals surface area (Å²) in [6.07, 6.45) is 0. The molecule has 9 heteroatoms. The maximum absolute atomic E-state index is 12.0. The quantitative estimate of drug-likeness (QED) is 0.631. The predicted molar refractivity (Wildman–Crippen MR) is 86.3 cm³/mol. The predicted octanol–water partition coefficient (Wildman–Crippen LogP) is 2.35. The third kappa shape index (κ3) is 3.71. The minimum Gasteiger partial charge on any atom is -0.490 e. The van der Waals surface area contributed by atoms with Gasteiger partial charge in [-0.25, -0.2) is 0 Å². The highest BCUT2D eigenvalue weighted by Gasteiger charge is 2.16. The molecule has 0 radical (unpaired) electrons. The monoisotopic (exact) mass is 346 g/mol. The van der Waals surface area contributed by atoms with E-state index in [0.717, 1.165) is 0 Å². The number of benzene rings is 2. The van der Waals surface area contributed by atoms with Crippen molar-refractivity contribution in [1.82, 2.24) is 0 Å². The van der Waals surface area contributed by atoms with Gasteiger partial charge in [0.2, 0.25) is 12.5 Å². The van der Waals surface area contributed by atoms with Crippen LogP contribution in [-0.2, 0) is 4.79 Å². The lowest BCUT2D eigenvalue weighted by Crippen LogP contribution is -2.20. The van der Waals surface area contributed by atoms with Crippen LogP contribution in [0.1, 0.15) is 0 Å². The van der Waals surface area contributed by atoms with E-state index in [4.69, 9.17) is 18.9 Å². The highest BCUT2D eigenvalue weighted by molar-refractivity contribution is 5.92. The van der Waals surface area contributed by atoms with Crippen molar-refractivity contribution in [1.29, 1.82) is 0 Å². The Hall–Kier alpha value is -3.49. The van der Waals surface area contributed by atoms with Crippen LogP contribution < -0.4 is 24.3 Å². The number of nitro groups is 1. The summed E-state index contributed by atoms with van der Waals surface area (Å²) in [5.41, 5.74) is 0.360. The standard InChI is InChI=1S/C16H14N2O7/c1-22-14-7-11(3-4-12(14)18(20)21)23-8-16(19)17-10-2-5-13-15(6-10)25-9-24-13/h2-7H,8-9H2,1H3,(H,17,19). The number of amides is 1. The van der Waals surface area contributed by atoms with E-state index in [1.807, 2.05) is 0 Å².